The highest BCUT2D eigenvalue weighted by Gasteiger charge is 2.38. The third kappa shape index (κ3) is 3.62. The van der Waals surface area contributed by atoms with Gasteiger partial charge in [-0.1, -0.05) is 38.4 Å². The molecule has 0 radical (unpaired) electrons. The number of rotatable bonds is 1. The van der Waals surface area contributed by atoms with Crippen LogP contribution >= 0.6 is 27.5 Å². The second-order valence-corrected chi connectivity index (χ2v) is 8.48. The zero-order valence-electron chi connectivity index (χ0n) is 12.8. The van der Waals surface area contributed by atoms with Gasteiger partial charge in [0.05, 0.1) is 10.6 Å². The summed E-state index contributed by atoms with van der Waals surface area (Å²) in [5.74, 6) is 0.0586. The minimum atomic E-state index is -1.10. The van der Waals surface area contributed by atoms with E-state index in [-0.39, 0.29) is 10.4 Å². The van der Waals surface area contributed by atoms with Gasteiger partial charge < -0.3 is 5.11 Å². The van der Waals surface area contributed by atoms with Gasteiger partial charge in [0.1, 0.15) is 5.82 Å². The van der Waals surface area contributed by atoms with Gasteiger partial charge in [0.15, 0.2) is 0 Å². The molecule has 0 aromatic heterocycles. The molecule has 0 saturated heterocycles. The van der Waals surface area contributed by atoms with Gasteiger partial charge in [0.25, 0.3) is 0 Å². The van der Waals surface area contributed by atoms with Crippen molar-refractivity contribution in [2.75, 3.05) is 0 Å². The Balaban J connectivity index is 2.29. The summed E-state index contributed by atoms with van der Waals surface area (Å²) in [7, 11) is 0. The third-order valence-electron chi connectivity index (χ3n) is 4.81. The van der Waals surface area contributed by atoms with Gasteiger partial charge in [-0.15, -0.1) is 0 Å². The molecule has 0 spiro atoms. The van der Waals surface area contributed by atoms with Gasteiger partial charge in [-0.05, 0) is 65.4 Å². The first-order valence-corrected chi connectivity index (χ1v) is 8.68. The van der Waals surface area contributed by atoms with E-state index in [2.05, 4.69) is 36.7 Å². The molecule has 1 nitrogen and oxygen atoms in total. The molecular weight excluding hydrogens is 355 g/mol. The first kappa shape index (κ1) is 17.2. The maximum absolute atomic E-state index is 14.4. The Morgan fingerprint density at radius 3 is 2.57 bits per heavy atom. The van der Waals surface area contributed by atoms with Crippen LogP contribution in [0, 0.1) is 17.2 Å². The van der Waals surface area contributed by atoms with Gasteiger partial charge >= 0.3 is 0 Å². The van der Waals surface area contributed by atoms with Crippen molar-refractivity contribution in [3.8, 4) is 0 Å². The van der Waals surface area contributed by atoms with E-state index in [0.717, 1.165) is 19.3 Å². The molecule has 4 heteroatoms. The maximum atomic E-state index is 14.4. The van der Waals surface area contributed by atoms with E-state index in [1.54, 1.807) is 12.1 Å². The minimum absolute atomic E-state index is 0.0533. The fraction of sp³-hybridized carbons (Fsp3) is 0.647. The summed E-state index contributed by atoms with van der Waals surface area (Å²) in [4.78, 5) is 0. The molecule has 0 amide bonds. The average molecular weight is 378 g/mol. The summed E-state index contributed by atoms with van der Waals surface area (Å²) in [6, 6.07) is 3.37. The van der Waals surface area contributed by atoms with Crippen LogP contribution in [-0.4, -0.2) is 5.11 Å². The van der Waals surface area contributed by atoms with E-state index >= 15 is 0 Å². The van der Waals surface area contributed by atoms with Gasteiger partial charge in [-0.25, -0.2) is 4.39 Å². The lowest BCUT2D eigenvalue weighted by Crippen LogP contribution is -2.27. The molecule has 2 rings (SSSR count). The molecule has 1 aliphatic rings. The van der Waals surface area contributed by atoms with E-state index in [4.69, 9.17) is 11.6 Å². The lowest BCUT2D eigenvalue weighted by molar-refractivity contribution is 0.0146. The topological polar surface area (TPSA) is 20.2 Å². The van der Waals surface area contributed by atoms with Crippen LogP contribution in [0.1, 0.15) is 58.4 Å². The molecule has 2 atom stereocenters. The maximum Gasteiger partial charge on any atom is 0.149 e. The van der Waals surface area contributed by atoms with Crippen molar-refractivity contribution in [3.05, 3.63) is 33.0 Å². The van der Waals surface area contributed by atoms with E-state index in [1.807, 2.05) is 0 Å². The van der Waals surface area contributed by atoms with Crippen LogP contribution in [0.5, 0.6) is 0 Å². The molecule has 1 saturated carbocycles. The van der Waals surface area contributed by atoms with Crippen LogP contribution in [0.3, 0.4) is 0 Å². The van der Waals surface area contributed by atoms with Crippen molar-refractivity contribution in [2.45, 2.75) is 58.5 Å². The molecule has 0 heterocycles. The number of aliphatic hydroxyl groups is 1. The van der Waals surface area contributed by atoms with Crippen molar-refractivity contribution in [3.63, 3.8) is 0 Å². The molecular formula is C17H23BrClFO. The Hall–Kier alpha value is -0.120. The first-order valence-electron chi connectivity index (χ1n) is 7.51. The minimum Gasteiger partial charge on any atom is -0.385 e. The summed E-state index contributed by atoms with van der Waals surface area (Å²) in [5, 5.41) is 11.0. The van der Waals surface area contributed by atoms with E-state index in [9.17, 15) is 9.50 Å². The van der Waals surface area contributed by atoms with Crippen molar-refractivity contribution in [1.29, 1.82) is 0 Å². The summed E-state index contributed by atoms with van der Waals surface area (Å²) in [6.45, 7) is 6.71. The highest BCUT2D eigenvalue weighted by molar-refractivity contribution is 9.10. The van der Waals surface area contributed by atoms with Crippen LogP contribution in [0.4, 0.5) is 4.39 Å². The molecule has 118 valence electrons. The molecule has 1 aromatic carbocycles. The number of hydrogen-bond donors (Lipinski definition) is 1. The van der Waals surface area contributed by atoms with Gasteiger partial charge in [-0.2, -0.15) is 0 Å². The Labute approximate surface area is 140 Å². The molecule has 21 heavy (non-hydrogen) atoms. The monoisotopic (exact) mass is 376 g/mol. The standard InChI is InChI=1S/C17H23BrClFO/c1-16(2,3)11-5-4-9-17(21,10-8-11)12-6-7-13(18)14(19)15(12)20/h6-7,11,21H,4-5,8-10H2,1-3H3. The van der Waals surface area contributed by atoms with E-state index < -0.39 is 11.4 Å². The Kier molecular flexibility index (Phi) is 5.07. The lowest BCUT2D eigenvalue weighted by Gasteiger charge is -2.31. The van der Waals surface area contributed by atoms with Crippen molar-refractivity contribution < 1.29 is 9.50 Å². The second kappa shape index (κ2) is 6.17. The van der Waals surface area contributed by atoms with Crippen LogP contribution < -0.4 is 0 Å². The summed E-state index contributed by atoms with van der Waals surface area (Å²) in [5.41, 5.74) is -0.541. The fourth-order valence-electron chi connectivity index (χ4n) is 3.34. The lowest BCUT2D eigenvalue weighted by atomic mass is 9.76. The third-order valence-corrected chi connectivity index (χ3v) is 6.07. The van der Waals surface area contributed by atoms with Gasteiger partial charge in [-0.3, -0.25) is 0 Å². The zero-order chi connectivity index (χ0) is 15.8. The molecule has 1 N–H and O–H groups in total. The van der Waals surface area contributed by atoms with Crippen LogP contribution in [-0.2, 0) is 5.60 Å². The molecule has 0 aliphatic heterocycles. The number of benzene rings is 1. The Morgan fingerprint density at radius 2 is 1.95 bits per heavy atom. The SMILES string of the molecule is CC(C)(C)C1CCCC(O)(c2ccc(Br)c(Cl)c2F)CC1. The smallest absolute Gasteiger partial charge is 0.149 e. The highest BCUT2D eigenvalue weighted by atomic mass is 79.9. The Morgan fingerprint density at radius 1 is 1.29 bits per heavy atom. The normalized spacial score (nSPS) is 27.5. The Bertz CT molecular complexity index is 526. The number of halogens is 3. The zero-order valence-corrected chi connectivity index (χ0v) is 15.2. The quantitative estimate of drug-likeness (QED) is 0.466. The summed E-state index contributed by atoms with van der Waals surface area (Å²) in [6.07, 6.45) is 4.08. The van der Waals surface area contributed by atoms with Crippen LogP contribution in [0.15, 0.2) is 16.6 Å². The second-order valence-electron chi connectivity index (χ2n) is 7.25. The molecule has 2 unspecified atom stereocenters. The van der Waals surface area contributed by atoms with Crippen molar-refractivity contribution in [2.24, 2.45) is 11.3 Å². The van der Waals surface area contributed by atoms with Gasteiger partial charge in [0.2, 0.25) is 0 Å². The number of hydrogen-bond acceptors (Lipinski definition) is 1. The van der Waals surface area contributed by atoms with Crippen molar-refractivity contribution >= 4 is 27.5 Å². The van der Waals surface area contributed by atoms with Gasteiger partial charge in [0, 0.05) is 10.0 Å². The molecule has 1 fully saturated rings. The fourth-order valence-corrected chi connectivity index (χ4v) is 3.81. The van der Waals surface area contributed by atoms with Crippen LogP contribution in [0.25, 0.3) is 0 Å². The predicted molar refractivity (Wildman–Crippen MR) is 89.0 cm³/mol. The van der Waals surface area contributed by atoms with E-state index in [0.29, 0.717) is 28.8 Å². The molecule has 1 aliphatic carbocycles. The van der Waals surface area contributed by atoms with Crippen LogP contribution in [0.2, 0.25) is 5.02 Å². The largest absolute Gasteiger partial charge is 0.385 e. The summed E-state index contributed by atoms with van der Waals surface area (Å²) < 4.78 is 15.0. The first-order chi connectivity index (χ1) is 9.65. The molecule has 1 aromatic rings. The predicted octanol–water partition coefficient (Wildman–Crippen LogP) is 6.06. The van der Waals surface area contributed by atoms with Crippen molar-refractivity contribution in [1.82, 2.24) is 0 Å². The average Bonchev–Trinajstić information content (AvgIpc) is 2.58. The molecule has 0 bridgehead atoms. The summed E-state index contributed by atoms with van der Waals surface area (Å²) >= 11 is 9.19. The highest BCUT2D eigenvalue weighted by Crippen LogP contribution is 2.45. The van der Waals surface area contributed by atoms with E-state index in [1.165, 1.54) is 0 Å².